The molecule has 0 bridgehead atoms. The number of piperidine rings is 1. The third-order valence-corrected chi connectivity index (χ3v) is 5.74. The van der Waals surface area contributed by atoms with Crippen molar-refractivity contribution in [1.29, 1.82) is 0 Å². The van der Waals surface area contributed by atoms with Gasteiger partial charge in [0.15, 0.2) is 0 Å². The maximum absolute atomic E-state index is 12.5. The summed E-state index contributed by atoms with van der Waals surface area (Å²) in [4.78, 5) is 27.2. The van der Waals surface area contributed by atoms with Crippen molar-refractivity contribution in [3.05, 3.63) is 46.0 Å². The second kappa shape index (κ2) is 8.40. The molecular formula is C19H24N4O2S. The summed E-state index contributed by atoms with van der Waals surface area (Å²) in [6.07, 6.45) is 2.76. The third kappa shape index (κ3) is 4.27. The number of nitrogens with one attached hydrogen (secondary N) is 1. The lowest BCUT2D eigenvalue weighted by Gasteiger charge is -2.31. The van der Waals surface area contributed by atoms with Crippen LogP contribution in [0.5, 0.6) is 0 Å². The van der Waals surface area contributed by atoms with Gasteiger partial charge in [-0.15, -0.1) is 5.10 Å². The van der Waals surface area contributed by atoms with Crippen molar-refractivity contribution < 1.29 is 9.59 Å². The van der Waals surface area contributed by atoms with Crippen LogP contribution in [-0.2, 0) is 6.42 Å². The van der Waals surface area contributed by atoms with Gasteiger partial charge in [0, 0.05) is 25.2 Å². The third-order valence-electron chi connectivity index (χ3n) is 4.92. The zero-order valence-electron chi connectivity index (χ0n) is 15.2. The Bertz CT molecular complexity index is 764. The summed E-state index contributed by atoms with van der Waals surface area (Å²) in [7, 11) is 0. The normalized spacial score (nSPS) is 15.1. The first kappa shape index (κ1) is 18.5. The zero-order valence-corrected chi connectivity index (χ0v) is 16.0. The van der Waals surface area contributed by atoms with Crippen molar-refractivity contribution in [2.45, 2.75) is 33.1 Å². The van der Waals surface area contributed by atoms with Crippen molar-refractivity contribution in [2.75, 3.05) is 19.6 Å². The molecule has 1 aromatic heterocycles. The molecule has 2 heterocycles. The summed E-state index contributed by atoms with van der Waals surface area (Å²) in [5.74, 6) is 0.395. The Hall–Kier alpha value is -2.28. The van der Waals surface area contributed by atoms with E-state index in [4.69, 9.17) is 0 Å². The molecule has 1 N–H and O–H groups in total. The van der Waals surface area contributed by atoms with Gasteiger partial charge >= 0.3 is 0 Å². The van der Waals surface area contributed by atoms with Crippen LogP contribution in [-0.4, -0.2) is 45.9 Å². The van der Waals surface area contributed by atoms with E-state index < -0.39 is 0 Å². The van der Waals surface area contributed by atoms with Crippen LogP contribution in [0.15, 0.2) is 24.3 Å². The fraction of sp³-hybridized carbons (Fsp3) is 0.474. The molecule has 138 valence electrons. The van der Waals surface area contributed by atoms with Crippen molar-refractivity contribution in [1.82, 2.24) is 19.8 Å². The van der Waals surface area contributed by atoms with Gasteiger partial charge in [-0.3, -0.25) is 9.59 Å². The van der Waals surface area contributed by atoms with E-state index in [1.807, 2.05) is 36.1 Å². The molecule has 7 heteroatoms. The molecule has 2 aromatic rings. The van der Waals surface area contributed by atoms with Crippen molar-refractivity contribution in [2.24, 2.45) is 5.92 Å². The Morgan fingerprint density at radius 1 is 1.23 bits per heavy atom. The standard InChI is InChI=1S/C19H24N4O2S/c1-3-14-4-6-16(7-5-14)18(24)20-12-15-8-10-23(11-9-15)19(25)17-13(2)21-22-26-17/h4-7,15H,3,8-12H2,1-2H3,(H,20,24). The van der Waals surface area contributed by atoms with Gasteiger partial charge in [0.1, 0.15) is 4.88 Å². The van der Waals surface area contributed by atoms with Gasteiger partial charge in [-0.2, -0.15) is 0 Å². The fourth-order valence-electron chi connectivity index (χ4n) is 3.14. The quantitative estimate of drug-likeness (QED) is 0.876. The van der Waals surface area contributed by atoms with Gasteiger partial charge in [0.25, 0.3) is 11.8 Å². The van der Waals surface area contributed by atoms with Gasteiger partial charge in [0.05, 0.1) is 5.69 Å². The van der Waals surface area contributed by atoms with E-state index in [2.05, 4.69) is 21.8 Å². The molecule has 0 atom stereocenters. The van der Waals surface area contributed by atoms with Crippen molar-refractivity contribution in [3.63, 3.8) is 0 Å². The number of amides is 2. The average molecular weight is 372 g/mol. The summed E-state index contributed by atoms with van der Waals surface area (Å²) < 4.78 is 3.84. The van der Waals surface area contributed by atoms with Crippen molar-refractivity contribution in [3.8, 4) is 0 Å². The minimum Gasteiger partial charge on any atom is -0.352 e. The first-order chi connectivity index (χ1) is 12.6. The number of hydrogen-bond donors (Lipinski definition) is 1. The Morgan fingerprint density at radius 3 is 2.50 bits per heavy atom. The summed E-state index contributed by atoms with van der Waals surface area (Å²) in [5, 5.41) is 6.94. The monoisotopic (exact) mass is 372 g/mol. The highest BCUT2D eigenvalue weighted by Gasteiger charge is 2.26. The van der Waals surface area contributed by atoms with Crippen LogP contribution in [0.25, 0.3) is 0 Å². The Kier molecular flexibility index (Phi) is 5.98. The van der Waals surface area contributed by atoms with Crippen LogP contribution in [0.1, 0.15) is 51.1 Å². The van der Waals surface area contributed by atoms with E-state index in [-0.39, 0.29) is 11.8 Å². The first-order valence-electron chi connectivity index (χ1n) is 9.03. The van der Waals surface area contributed by atoms with E-state index >= 15 is 0 Å². The molecule has 3 rings (SSSR count). The number of aryl methyl sites for hydroxylation is 2. The fourth-order valence-corrected chi connectivity index (χ4v) is 3.77. The van der Waals surface area contributed by atoms with Gasteiger partial charge < -0.3 is 10.2 Å². The predicted octanol–water partition coefficient (Wildman–Crippen LogP) is 2.69. The SMILES string of the molecule is CCc1ccc(C(=O)NCC2CCN(C(=O)c3snnc3C)CC2)cc1. The largest absolute Gasteiger partial charge is 0.352 e. The summed E-state index contributed by atoms with van der Waals surface area (Å²) in [6, 6.07) is 7.74. The molecule has 1 aromatic carbocycles. The van der Waals surface area contributed by atoms with Crippen molar-refractivity contribution >= 4 is 23.3 Å². The van der Waals surface area contributed by atoms with E-state index in [1.54, 1.807) is 0 Å². The minimum atomic E-state index is -0.0301. The van der Waals surface area contributed by atoms with Crippen LogP contribution < -0.4 is 5.32 Å². The van der Waals surface area contributed by atoms with Crippen LogP contribution >= 0.6 is 11.5 Å². The summed E-state index contributed by atoms with van der Waals surface area (Å²) in [5.41, 5.74) is 2.62. The van der Waals surface area contributed by atoms with Gasteiger partial charge in [-0.05, 0) is 61.3 Å². The van der Waals surface area contributed by atoms with Crippen LogP contribution in [0.4, 0.5) is 0 Å². The number of likely N-dealkylation sites (tertiary alicyclic amines) is 1. The lowest BCUT2D eigenvalue weighted by molar-refractivity contribution is 0.0688. The molecule has 0 unspecified atom stereocenters. The zero-order chi connectivity index (χ0) is 18.5. The number of carbonyl (C=O) groups excluding carboxylic acids is 2. The lowest BCUT2D eigenvalue weighted by Crippen LogP contribution is -2.41. The molecule has 1 aliphatic rings. The molecule has 1 saturated heterocycles. The van der Waals surface area contributed by atoms with E-state index in [1.165, 1.54) is 5.56 Å². The highest BCUT2D eigenvalue weighted by atomic mass is 32.1. The van der Waals surface area contributed by atoms with Crippen LogP contribution in [0, 0.1) is 12.8 Å². The second-order valence-corrected chi connectivity index (χ2v) is 7.44. The Morgan fingerprint density at radius 2 is 1.92 bits per heavy atom. The molecule has 6 nitrogen and oxygen atoms in total. The number of carbonyl (C=O) groups is 2. The molecule has 0 saturated carbocycles. The van der Waals surface area contributed by atoms with E-state index in [0.717, 1.165) is 30.8 Å². The summed E-state index contributed by atoms with van der Waals surface area (Å²) >= 11 is 1.16. The number of rotatable bonds is 5. The van der Waals surface area contributed by atoms with Crippen LogP contribution in [0.2, 0.25) is 0 Å². The molecule has 1 fully saturated rings. The lowest BCUT2D eigenvalue weighted by atomic mass is 9.96. The Balaban J connectivity index is 1.46. The highest BCUT2D eigenvalue weighted by molar-refractivity contribution is 7.07. The summed E-state index contributed by atoms with van der Waals surface area (Å²) in [6.45, 7) is 5.98. The second-order valence-electron chi connectivity index (χ2n) is 6.68. The van der Waals surface area contributed by atoms with Gasteiger partial charge in [-0.1, -0.05) is 23.5 Å². The maximum atomic E-state index is 12.5. The number of nitrogens with zero attached hydrogens (tertiary/aromatic N) is 3. The molecule has 0 radical (unpaired) electrons. The van der Waals surface area contributed by atoms with Gasteiger partial charge in [-0.25, -0.2) is 0 Å². The number of hydrogen-bond acceptors (Lipinski definition) is 5. The minimum absolute atomic E-state index is 0.0241. The Labute approximate surface area is 157 Å². The first-order valence-corrected chi connectivity index (χ1v) is 9.81. The molecule has 0 aliphatic carbocycles. The number of aromatic nitrogens is 2. The van der Waals surface area contributed by atoms with Gasteiger partial charge in [0.2, 0.25) is 0 Å². The average Bonchev–Trinajstić information content (AvgIpc) is 3.12. The molecule has 1 aliphatic heterocycles. The topological polar surface area (TPSA) is 75.2 Å². The highest BCUT2D eigenvalue weighted by Crippen LogP contribution is 2.20. The van der Waals surface area contributed by atoms with Crippen LogP contribution in [0.3, 0.4) is 0 Å². The molecule has 26 heavy (non-hydrogen) atoms. The molecule has 2 amide bonds. The predicted molar refractivity (Wildman–Crippen MR) is 101 cm³/mol. The van der Waals surface area contributed by atoms with E-state index in [9.17, 15) is 9.59 Å². The number of benzene rings is 1. The maximum Gasteiger partial charge on any atom is 0.267 e. The van der Waals surface area contributed by atoms with E-state index in [0.29, 0.717) is 41.7 Å². The molecular weight excluding hydrogens is 348 g/mol. The smallest absolute Gasteiger partial charge is 0.267 e. The molecule has 0 spiro atoms.